The number of ether oxygens (including phenoxy) is 8. The highest BCUT2D eigenvalue weighted by atomic mass is 79.9. The lowest BCUT2D eigenvalue weighted by molar-refractivity contribution is 0.00578. The number of imide groups is 2. The van der Waals surface area contributed by atoms with Crippen LogP contribution in [-0.2, 0) is 47.2 Å². The quantitative estimate of drug-likeness (QED) is 0.0729. The van der Waals surface area contributed by atoms with Crippen LogP contribution in [0.3, 0.4) is 0 Å². The van der Waals surface area contributed by atoms with Crippen molar-refractivity contribution in [2.75, 3.05) is 114 Å². The number of pyridine rings is 1. The van der Waals surface area contributed by atoms with Crippen molar-refractivity contribution in [1.82, 2.24) is 54.8 Å². The average molecular weight is 1630 g/mol. The zero-order valence-corrected chi connectivity index (χ0v) is 67.2. The van der Waals surface area contributed by atoms with Gasteiger partial charge in [-0.2, -0.15) is 29.9 Å². The predicted octanol–water partition coefficient (Wildman–Crippen LogP) is 12.1. The second-order valence-corrected chi connectivity index (χ2v) is 31.8. The monoisotopic (exact) mass is 1630 g/mol. The van der Waals surface area contributed by atoms with Crippen molar-refractivity contribution < 1.29 is 92.7 Å². The number of carbonyl (C=O) groups excluding carboxylic acids is 4. The average Bonchev–Trinajstić information content (AvgIpc) is 1.67. The van der Waals surface area contributed by atoms with Gasteiger partial charge in [0.25, 0.3) is 19.3 Å². The Kier molecular flexibility index (Phi) is 29.5. The van der Waals surface area contributed by atoms with E-state index in [4.69, 9.17) is 64.5 Å². The molecule has 4 atom stereocenters. The van der Waals surface area contributed by atoms with E-state index in [-0.39, 0.29) is 62.2 Å². The van der Waals surface area contributed by atoms with Gasteiger partial charge in [-0.15, -0.1) is 9.80 Å². The normalized spacial score (nSPS) is 19.6. The second-order valence-electron chi connectivity index (χ2n) is 30.6. The fourth-order valence-corrected chi connectivity index (χ4v) is 11.0. The van der Waals surface area contributed by atoms with Crippen LogP contribution in [0.25, 0.3) is 11.4 Å². The molecule has 5 aliphatic rings. The Bertz CT molecular complexity index is 3810. The van der Waals surface area contributed by atoms with Crippen LogP contribution in [0.4, 0.5) is 87.0 Å². The summed E-state index contributed by atoms with van der Waals surface area (Å²) in [6, 6.07) is 1.71. The van der Waals surface area contributed by atoms with E-state index < -0.39 is 108 Å². The smallest absolute Gasteiger partial charge is 0.443 e. The van der Waals surface area contributed by atoms with Crippen LogP contribution in [-0.4, -0.2) is 223 Å². The van der Waals surface area contributed by atoms with Crippen LogP contribution in [0.2, 0.25) is 5.28 Å². The van der Waals surface area contributed by atoms with Crippen molar-refractivity contribution in [3.8, 4) is 11.4 Å². The molecule has 0 spiro atoms. The summed E-state index contributed by atoms with van der Waals surface area (Å²) in [4.78, 5) is 105. The number of anilines is 7. The topological polar surface area (TPSA) is 348 Å². The standard InChI is InChI=1S/C21H32BF2N3O6.C19H25F2N7O2.C15H20BrF2N3O4.C13H20ClN5O2/c1-18(2,3)30-16(28)27(17(29)31-19(4,5)6)15-25-11-12(13(26-15)14(23)24)22-32-20(7,8)21(9,10)33-22;1-11-9-29-5-3-27(11)18-24-17(14-8-23-15(22)7-13(14)16(20)21)25-19(26-18)28-4-6-30-10-12(28)2;1-14(2,3)24-12(22)21(13(23)25-15(4,5)6)11-19-7-8(16)9(20-11)10(17)18;1-9-7-20-5-3-18(9)12-15-11(14)16-13(17-12)19-4-6-21-8-10(19)2/h11,14H,1-10H3;7-8,11-12,16H,3-6,9-10H2,1-2H3,(H2,22,23);7,10H,1-6H3;9-10H,3-8H2,1-2H3/t;11-,12-;;9-,10-/m.0.0/s1. The summed E-state index contributed by atoms with van der Waals surface area (Å²) in [5.74, 6) is 1.10. The number of hydrogen-bond acceptors (Lipinski definition) is 30. The SMILES string of the molecule is CC(C)(C)OC(=O)N(C(=O)OC(C)(C)C)c1ncc(B2OC(C)(C)C(C)(C)O2)c(C(F)F)n1.CC(C)(C)OC(=O)N(C(=O)OC(C)(C)C)c1ncc(Br)c(C(F)F)n1.C[C@H]1COCCN1c1nc(-c2cnc(N)cc2C(F)F)nc(N2CCOC[C@@H]2C)n1.C[C@H]1COCCN1c1nc(Cl)nc(N2CCOC[C@@H]2C)n1. The zero-order chi connectivity index (χ0) is 81.2. The lowest BCUT2D eigenvalue weighted by atomic mass is 9.79. The van der Waals surface area contributed by atoms with E-state index >= 15 is 0 Å². The van der Waals surface area contributed by atoms with Crippen molar-refractivity contribution in [2.45, 2.75) is 216 Å². The zero-order valence-electron chi connectivity index (χ0n) is 64.8. The van der Waals surface area contributed by atoms with Gasteiger partial charge in [0.15, 0.2) is 5.82 Å². The van der Waals surface area contributed by atoms with Crippen LogP contribution in [0.5, 0.6) is 0 Å². The maximum absolute atomic E-state index is 14.0. The molecule has 5 saturated heterocycles. The Labute approximate surface area is 643 Å². The van der Waals surface area contributed by atoms with Crippen molar-refractivity contribution in [3.63, 3.8) is 0 Å². The van der Waals surface area contributed by atoms with Gasteiger partial charge in [0.05, 0.1) is 92.7 Å². The maximum atomic E-state index is 14.0. The highest BCUT2D eigenvalue weighted by Gasteiger charge is 2.53. The number of nitrogen functional groups attached to an aromatic ring is 1. The van der Waals surface area contributed by atoms with Gasteiger partial charge in [-0.3, -0.25) is 0 Å². The Hall–Kier alpha value is -8.02. The van der Waals surface area contributed by atoms with Crippen molar-refractivity contribution in [2.24, 2.45) is 0 Å². The molecule has 0 aliphatic carbocycles. The molecule has 5 aromatic heterocycles. The number of nitrogens with zero attached hydrogens (tertiary/aromatic N) is 17. The molecule has 32 nitrogen and oxygen atoms in total. The number of aromatic nitrogens is 11. The molecule has 10 rings (SSSR count). The van der Waals surface area contributed by atoms with Crippen LogP contribution in [0.1, 0.15) is 175 Å². The lowest BCUT2D eigenvalue weighted by Gasteiger charge is -2.36. The molecular formula is C68H97BBrClF6N18O14. The third-order valence-corrected chi connectivity index (χ3v) is 17.1. The van der Waals surface area contributed by atoms with E-state index in [1.54, 1.807) is 111 Å². The molecule has 5 fully saturated rings. The van der Waals surface area contributed by atoms with Crippen LogP contribution < -0.4 is 40.6 Å². The highest BCUT2D eigenvalue weighted by molar-refractivity contribution is 9.10. The highest BCUT2D eigenvalue weighted by Crippen LogP contribution is 2.39. The first-order valence-corrected chi connectivity index (χ1v) is 36.1. The summed E-state index contributed by atoms with van der Waals surface area (Å²) in [7, 11) is -1.16. The Morgan fingerprint density at radius 3 is 1.17 bits per heavy atom. The molecule has 0 aromatic carbocycles. The molecule has 5 aliphatic heterocycles. The minimum absolute atomic E-state index is 0.0205. The molecule has 0 unspecified atom stereocenters. The van der Waals surface area contributed by atoms with E-state index in [0.29, 0.717) is 99.5 Å². The first-order valence-electron chi connectivity index (χ1n) is 35.0. The Balaban J connectivity index is 0.000000205. The van der Waals surface area contributed by atoms with Gasteiger partial charge in [0, 0.05) is 61.4 Å². The summed E-state index contributed by atoms with van der Waals surface area (Å²) >= 11 is 9.00. The first-order chi connectivity index (χ1) is 50.5. The van der Waals surface area contributed by atoms with Gasteiger partial charge in [-0.05, 0) is 172 Å². The molecule has 0 radical (unpaired) electrons. The minimum Gasteiger partial charge on any atom is -0.443 e. The molecule has 41 heteroatoms. The van der Waals surface area contributed by atoms with E-state index in [9.17, 15) is 45.5 Å². The van der Waals surface area contributed by atoms with Gasteiger partial charge in [0.2, 0.25) is 41.0 Å². The molecule has 109 heavy (non-hydrogen) atoms. The minimum atomic E-state index is -3.07. The van der Waals surface area contributed by atoms with Gasteiger partial charge < -0.3 is 72.5 Å². The van der Waals surface area contributed by atoms with E-state index in [1.165, 1.54) is 6.20 Å². The van der Waals surface area contributed by atoms with Crippen molar-refractivity contribution in [1.29, 1.82) is 0 Å². The largest absolute Gasteiger partial charge is 0.498 e. The number of nitrogens with two attached hydrogens (primary N) is 1. The third kappa shape index (κ3) is 24.5. The maximum Gasteiger partial charge on any atom is 0.498 e. The van der Waals surface area contributed by atoms with Crippen molar-refractivity contribution >= 4 is 106 Å². The van der Waals surface area contributed by atoms with Gasteiger partial charge in [-0.25, -0.2) is 70.4 Å². The van der Waals surface area contributed by atoms with E-state index in [1.807, 2.05) is 23.6 Å². The molecule has 5 aromatic rings. The van der Waals surface area contributed by atoms with E-state index in [2.05, 4.69) is 94.4 Å². The molecule has 2 N–H and O–H groups in total. The molecular weight excluding hydrogens is 1530 g/mol. The summed E-state index contributed by atoms with van der Waals surface area (Å²) in [5, 5.41) is 0.229. The number of alkyl halides is 6. The third-order valence-electron chi connectivity index (χ3n) is 16.3. The number of halogens is 8. The van der Waals surface area contributed by atoms with Gasteiger partial charge in [0.1, 0.15) is 39.6 Å². The second kappa shape index (κ2) is 36.4. The molecule has 602 valence electrons. The molecule has 10 heterocycles. The van der Waals surface area contributed by atoms with Crippen LogP contribution in [0, 0.1) is 0 Å². The van der Waals surface area contributed by atoms with Gasteiger partial charge in [-0.1, -0.05) is 0 Å². The van der Waals surface area contributed by atoms with Crippen LogP contribution in [0.15, 0.2) is 29.1 Å². The summed E-state index contributed by atoms with van der Waals surface area (Å²) < 4.78 is 136. The fraction of sp³-hybridized carbons (Fsp3) is 0.662. The lowest BCUT2D eigenvalue weighted by Crippen LogP contribution is -2.46. The predicted molar refractivity (Wildman–Crippen MR) is 395 cm³/mol. The van der Waals surface area contributed by atoms with E-state index in [0.717, 1.165) is 31.5 Å². The number of morpholine rings is 4. The summed E-state index contributed by atoms with van der Waals surface area (Å²) in [6.45, 7) is 42.0. The first kappa shape index (κ1) is 88.2. The van der Waals surface area contributed by atoms with Crippen LogP contribution >= 0.6 is 27.5 Å². The van der Waals surface area contributed by atoms with Gasteiger partial charge >= 0.3 is 31.5 Å². The number of hydrogen-bond donors (Lipinski definition) is 1. The molecule has 0 saturated carbocycles. The fourth-order valence-electron chi connectivity index (χ4n) is 10.4. The Morgan fingerprint density at radius 2 is 0.844 bits per heavy atom. The summed E-state index contributed by atoms with van der Waals surface area (Å²) in [6.07, 6.45) is -9.98. The molecule has 4 amide bonds. The number of rotatable bonds is 11. The Morgan fingerprint density at radius 1 is 0.514 bits per heavy atom. The number of amides is 4. The number of carbonyl (C=O) groups is 4. The van der Waals surface area contributed by atoms with Crippen molar-refractivity contribution in [3.05, 3.63) is 51.4 Å². The molecule has 0 bridgehead atoms. The summed E-state index contributed by atoms with van der Waals surface area (Å²) in [5.41, 5.74) is -1.39.